The molecule has 1 saturated heterocycles. The highest BCUT2D eigenvalue weighted by atomic mass is 16.5. The molecule has 3 rings (SSSR count). The average Bonchev–Trinajstić information content (AvgIpc) is 3.01. The van der Waals surface area contributed by atoms with Gasteiger partial charge in [0.25, 0.3) is 0 Å². The minimum atomic E-state index is 0.144. The van der Waals surface area contributed by atoms with Crippen LogP contribution in [0.2, 0.25) is 0 Å². The molecule has 0 bridgehead atoms. The first kappa shape index (κ1) is 18.4. The van der Waals surface area contributed by atoms with Crippen molar-refractivity contribution in [2.75, 3.05) is 19.6 Å². The van der Waals surface area contributed by atoms with Crippen LogP contribution in [0.4, 0.5) is 0 Å². The van der Waals surface area contributed by atoms with Gasteiger partial charge in [0.2, 0.25) is 5.91 Å². The smallest absolute Gasteiger partial charge is 0.234 e. The number of nitrogens with one attached hydrogen (secondary N) is 1. The first-order valence-electron chi connectivity index (χ1n) is 9.78. The monoisotopic (exact) mass is 344 g/mol. The quantitative estimate of drug-likeness (QED) is 0.825. The van der Waals surface area contributed by atoms with Crippen LogP contribution in [-0.4, -0.2) is 36.5 Å². The predicted molar refractivity (Wildman–Crippen MR) is 100 cm³/mol. The Morgan fingerprint density at radius 3 is 2.32 bits per heavy atom. The lowest BCUT2D eigenvalue weighted by atomic mass is 9.82. The number of rotatable bonds is 7. The number of likely N-dealkylation sites (tertiary alicyclic amines) is 1. The van der Waals surface area contributed by atoms with Crippen molar-refractivity contribution in [3.05, 3.63) is 35.4 Å². The van der Waals surface area contributed by atoms with E-state index in [1.807, 2.05) is 13.8 Å². The van der Waals surface area contributed by atoms with E-state index in [1.54, 1.807) is 0 Å². The molecule has 1 aliphatic carbocycles. The molecule has 2 aliphatic rings. The number of carbonyl (C=O) groups is 1. The summed E-state index contributed by atoms with van der Waals surface area (Å²) in [6.07, 6.45) is 5.71. The van der Waals surface area contributed by atoms with E-state index in [2.05, 4.69) is 34.5 Å². The van der Waals surface area contributed by atoms with E-state index in [0.29, 0.717) is 19.7 Å². The molecule has 1 aromatic carbocycles. The Labute approximate surface area is 151 Å². The van der Waals surface area contributed by atoms with Crippen molar-refractivity contribution in [3.8, 4) is 0 Å². The molecule has 0 aromatic heterocycles. The summed E-state index contributed by atoms with van der Waals surface area (Å²) in [5, 5.41) is 3.07. The molecule has 2 unspecified atom stereocenters. The van der Waals surface area contributed by atoms with Crippen molar-refractivity contribution in [3.63, 3.8) is 0 Å². The lowest BCUT2D eigenvalue weighted by molar-refractivity contribution is -0.122. The molecule has 1 heterocycles. The van der Waals surface area contributed by atoms with Gasteiger partial charge < -0.3 is 10.1 Å². The number of benzene rings is 1. The summed E-state index contributed by atoms with van der Waals surface area (Å²) in [5.74, 6) is 1.81. The molecule has 1 saturated carbocycles. The summed E-state index contributed by atoms with van der Waals surface area (Å²) in [6.45, 7) is 8.10. The highest BCUT2D eigenvalue weighted by Gasteiger charge is 2.34. The van der Waals surface area contributed by atoms with E-state index < -0.39 is 0 Å². The maximum Gasteiger partial charge on any atom is 0.234 e. The number of ether oxygens (including phenoxy) is 1. The third-order valence-electron chi connectivity index (χ3n) is 5.52. The maximum absolute atomic E-state index is 12.2. The number of hydrogen-bond donors (Lipinski definition) is 1. The molecular formula is C21H32N2O2. The summed E-state index contributed by atoms with van der Waals surface area (Å²) >= 11 is 0. The first-order valence-corrected chi connectivity index (χ1v) is 9.78. The van der Waals surface area contributed by atoms with Crippen molar-refractivity contribution in [1.29, 1.82) is 0 Å². The summed E-state index contributed by atoms with van der Waals surface area (Å²) < 4.78 is 5.61. The molecule has 25 heavy (non-hydrogen) atoms. The molecule has 1 aromatic rings. The van der Waals surface area contributed by atoms with Gasteiger partial charge in [-0.05, 0) is 49.7 Å². The van der Waals surface area contributed by atoms with Gasteiger partial charge in [0.1, 0.15) is 0 Å². The molecule has 1 amide bonds. The fourth-order valence-corrected chi connectivity index (χ4v) is 4.11. The molecule has 2 atom stereocenters. The molecule has 1 aliphatic heterocycles. The van der Waals surface area contributed by atoms with Crippen molar-refractivity contribution in [1.82, 2.24) is 10.2 Å². The molecule has 4 nitrogen and oxygen atoms in total. The molecule has 1 N–H and O–H groups in total. The summed E-state index contributed by atoms with van der Waals surface area (Å²) in [4.78, 5) is 14.6. The summed E-state index contributed by atoms with van der Waals surface area (Å²) in [6, 6.07) is 8.30. The normalized spacial score (nSPS) is 23.6. The zero-order valence-electron chi connectivity index (χ0n) is 15.7. The van der Waals surface area contributed by atoms with Gasteiger partial charge in [0, 0.05) is 19.6 Å². The van der Waals surface area contributed by atoms with E-state index in [-0.39, 0.29) is 12.0 Å². The minimum Gasteiger partial charge on any atom is -0.374 e. The van der Waals surface area contributed by atoms with Gasteiger partial charge in [-0.2, -0.15) is 0 Å². The van der Waals surface area contributed by atoms with E-state index >= 15 is 0 Å². The van der Waals surface area contributed by atoms with Gasteiger partial charge in [-0.25, -0.2) is 0 Å². The van der Waals surface area contributed by atoms with Crippen LogP contribution in [0.1, 0.15) is 50.7 Å². The van der Waals surface area contributed by atoms with E-state index in [0.717, 1.165) is 30.5 Å². The van der Waals surface area contributed by atoms with Crippen molar-refractivity contribution in [2.24, 2.45) is 11.8 Å². The first-order chi connectivity index (χ1) is 12.1. The molecule has 4 heteroatoms. The van der Waals surface area contributed by atoms with Crippen LogP contribution in [0.3, 0.4) is 0 Å². The minimum absolute atomic E-state index is 0.144. The zero-order valence-corrected chi connectivity index (χ0v) is 15.7. The van der Waals surface area contributed by atoms with E-state index in [4.69, 9.17) is 4.74 Å². The lowest BCUT2D eigenvalue weighted by Gasteiger charge is -2.23. The summed E-state index contributed by atoms with van der Waals surface area (Å²) in [5.41, 5.74) is 2.31. The molecule has 0 spiro atoms. The Kier molecular flexibility index (Phi) is 6.49. The third kappa shape index (κ3) is 5.55. The van der Waals surface area contributed by atoms with Crippen LogP contribution < -0.4 is 5.32 Å². The van der Waals surface area contributed by atoms with Gasteiger partial charge in [-0.15, -0.1) is 0 Å². The summed E-state index contributed by atoms with van der Waals surface area (Å²) in [7, 11) is 0. The zero-order chi connectivity index (χ0) is 17.6. The standard InChI is InChI=1S/C21H32N2O2/c1-16(2)25-15-18-9-7-17(8-10-18)11-22-21(24)14-23-12-19-5-3-4-6-20(19)13-23/h7-10,16,19-20H,3-6,11-15H2,1-2H3,(H,22,24). The van der Waals surface area contributed by atoms with Crippen LogP contribution in [0, 0.1) is 11.8 Å². The van der Waals surface area contributed by atoms with Gasteiger partial charge in [-0.3, -0.25) is 9.69 Å². The second-order valence-electron chi connectivity index (χ2n) is 7.95. The Morgan fingerprint density at radius 1 is 1.12 bits per heavy atom. The van der Waals surface area contributed by atoms with Crippen molar-refractivity contribution < 1.29 is 9.53 Å². The second-order valence-corrected chi connectivity index (χ2v) is 7.95. The van der Waals surface area contributed by atoms with Crippen LogP contribution in [0.5, 0.6) is 0 Å². The van der Waals surface area contributed by atoms with Crippen molar-refractivity contribution in [2.45, 2.75) is 58.8 Å². The lowest BCUT2D eigenvalue weighted by Crippen LogP contribution is -2.36. The van der Waals surface area contributed by atoms with Crippen molar-refractivity contribution >= 4 is 5.91 Å². The Morgan fingerprint density at radius 2 is 1.72 bits per heavy atom. The number of nitrogens with zero attached hydrogens (tertiary/aromatic N) is 1. The predicted octanol–water partition coefficient (Wildman–Crippen LogP) is 3.35. The molecule has 0 radical (unpaired) electrons. The molecule has 2 fully saturated rings. The van der Waals surface area contributed by atoms with Gasteiger partial charge in [-0.1, -0.05) is 37.1 Å². The molecule has 138 valence electrons. The fraction of sp³-hybridized carbons (Fsp3) is 0.667. The second kappa shape index (κ2) is 8.81. The Bertz CT molecular complexity index is 542. The van der Waals surface area contributed by atoms with Crippen LogP contribution in [0.25, 0.3) is 0 Å². The third-order valence-corrected chi connectivity index (χ3v) is 5.52. The number of hydrogen-bond acceptors (Lipinski definition) is 3. The maximum atomic E-state index is 12.2. The number of fused-ring (bicyclic) bond motifs is 1. The highest BCUT2D eigenvalue weighted by molar-refractivity contribution is 5.78. The number of amides is 1. The Hall–Kier alpha value is -1.39. The van der Waals surface area contributed by atoms with E-state index in [1.165, 1.54) is 31.2 Å². The average molecular weight is 344 g/mol. The van der Waals surface area contributed by atoms with Gasteiger partial charge in [0.05, 0.1) is 19.3 Å². The van der Waals surface area contributed by atoms with Crippen LogP contribution >= 0.6 is 0 Å². The largest absolute Gasteiger partial charge is 0.374 e. The van der Waals surface area contributed by atoms with E-state index in [9.17, 15) is 4.79 Å². The van der Waals surface area contributed by atoms with Gasteiger partial charge in [0.15, 0.2) is 0 Å². The Balaban J connectivity index is 1.39. The topological polar surface area (TPSA) is 41.6 Å². The van der Waals surface area contributed by atoms with Gasteiger partial charge >= 0.3 is 0 Å². The fourth-order valence-electron chi connectivity index (χ4n) is 4.11. The van der Waals surface area contributed by atoms with Crippen LogP contribution in [-0.2, 0) is 22.7 Å². The SMILES string of the molecule is CC(C)OCc1ccc(CNC(=O)CN2CC3CCCCC3C2)cc1. The van der Waals surface area contributed by atoms with Crippen LogP contribution in [0.15, 0.2) is 24.3 Å². The highest BCUT2D eigenvalue weighted by Crippen LogP contribution is 2.35. The number of carbonyl (C=O) groups excluding carboxylic acids is 1. The molecular weight excluding hydrogens is 312 g/mol.